The van der Waals surface area contributed by atoms with Gasteiger partial charge in [0.1, 0.15) is 0 Å². The molecule has 0 bridgehead atoms. The topological polar surface area (TPSA) is 124 Å². The Morgan fingerprint density at radius 2 is 1.00 bits per heavy atom. The van der Waals surface area contributed by atoms with Crippen molar-refractivity contribution in [1.82, 2.24) is 9.80 Å². The maximum atomic E-state index is 10.3. The molecule has 0 aromatic rings. The first-order valence-corrected chi connectivity index (χ1v) is 7.20. The van der Waals surface area contributed by atoms with Crippen molar-refractivity contribution in [3.05, 3.63) is 0 Å². The Morgan fingerprint density at radius 3 is 1.00 bits per heavy atom. The van der Waals surface area contributed by atoms with Crippen LogP contribution >= 0.6 is 0 Å². The van der Waals surface area contributed by atoms with Gasteiger partial charge in [0.15, 0.2) is 0 Å². The van der Waals surface area contributed by atoms with Crippen LogP contribution in [-0.4, -0.2) is 63.3 Å². The molecule has 0 fully saturated rings. The summed E-state index contributed by atoms with van der Waals surface area (Å²) in [7, 11) is 3.12. The van der Waals surface area contributed by atoms with Crippen molar-refractivity contribution in [2.75, 3.05) is 14.1 Å². The average Bonchev–Trinajstić information content (AvgIpc) is 2.35. The molecule has 0 unspecified atom stereocenters. The zero-order valence-electron chi connectivity index (χ0n) is 15.8. The summed E-state index contributed by atoms with van der Waals surface area (Å²) in [6.07, 6.45) is -1.33. The monoisotopic (exact) mass is 335 g/mol. The number of hydrogen-bond acceptors (Lipinski definition) is 3. The lowest BCUT2D eigenvalue weighted by molar-refractivity contribution is -0.117. The third-order valence-electron chi connectivity index (χ3n) is 2.93. The van der Waals surface area contributed by atoms with E-state index in [0.29, 0.717) is 6.42 Å². The molecule has 0 atom stereocenters. The van der Waals surface area contributed by atoms with E-state index in [1.807, 2.05) is 41.5 Å². The predicted octanol–water partition coefficient (Wildman–Crippen LogP) is 2.67. The van der Waals surface area contributed by atoms with Gasteiger partial charge in [-0.05, 0) is 41.5 Å². The molecule has 0 spiro atoms. The van der Waals surface area contributed by atoms with E-state index in [9.17, 15) is 14.4 Å². The summed E-state index contributed by atoms with van der Waals surface area (Å²) in [6, 6.07) is 0. The van der Waals surface area contributed by atoms with Crippen LogP contribution in [-0.2, 0) is 4.79 Å². The van der Waals surface area contributed by atoms with Crippen LogP contribution in [0.3, 0.4) is 0 Å². The molecule has 0 radical (unpaired) electrons. The van der Waals surface area contributed by atoms with Crippen LogP contribution in [0.2, 0.25) is 0 Å². The number of carbonyl (C=O) groups excluding carboxylic acids is 1. The summed E-state index contributed by atoms with van der Waals surface area (Å²) in [5, 5.41) is 16.9. The first-order valence-electron chi connectivity index (χ1n) is 7.20. The fraction of sp³-hybridized carbons (Fsp3) is 0.800. The molecular formula is C15H33N3O5. The van der Waals surface area contributed by atoms with Crippen molar-refractivity contribution in [2.24, 2.45) is 5.73 Å². The van der Waals surface area contributed by atoms with Gasteiger partial charge in [-0.15, -0.1) is 0 Å². The molecule has 0 saturated carbocycles. The van der Waals surface area contributed by atoms with E-state index in [2.05, 4.69) is 5.73 Å². The Kier molecular flexibility index (Phi) is 12.1. The van der Waals surface area contributed by atoms with Gasteiger partial charge in [-0.25, -0.2) is 9.59 Å². The number of nitrogens with two attached hydrogens (primary N) is 1. The van der Waals surface area contributed by atoms with E-state index >= 15 is 0 Å². The van der Waals surface area contributed by atoms with Crippen LogP contribution in [0.15, 0.2) is 0 Å². The average molecular weight is 335 g/mol. The van der Waals surface area contributed by atoms with E-state index in [1.165, 1.54) is 9.80 Å². The van der Waals surface area contributed by atoms with Gasteiger partial charge in [-0.2, -0.15) is 0 Å². The van der Waals surface area contributed by atoms with Gasteiger partial charge in [-0.1, -0.05) is 6.92 Å². The van der Waals surface area contributed by atoms with E-state index < -0.39 is 12.2 Å². The van der Waals surface area contributed by atoms with E-state index in [1.54, 1.807) is 21.0 Å². The maximum absolute atomic E-state index is 10.3. The quantitative estimate of drug-likeness (QED) is 0.679. The molecule has 0 aromatic heterocycles. The third kappa shape index (κ3) is 16.2. The minimum absolute atomic E-state index is 0.245. The summed E-state index contributed by atoms with van der Waals surface area (Å²) >= 11 is 0. The highest BCUT2D eigenvalue weighted by molar-refractivity contribution is 5.73. The van der Waals surface area contributed by atoms with Crippen LogP contribution in [0, 0.1) is 0 Å². The van der Waals surface area contributed by atoms with Gasteiger partial charge < -0.3 is 25.7 Å². The van der Waals surface area contributed by atoms with Gasteiger partial charge in [0, 0.05) is 31.6 Å². The fourth-order valence-corrected chi connectivity index (χ4v) is 0.574. The molecule has 0 aliphatic carbocycles. The highest BCUT2D eigenvalue weighted by Gasteiger charge is 2.21. The van der Waals surface area contributed by atoms with Crippen LogP contribution in [0.4, 0.5) is 9.59 Å². The Balaban J connectivity index is -0.000000273. The van der Waals surface area contributed by atoms with Gasteiger partial charge in [0.25, 0.3) is 0 Å². The lowest BCUT2D eigenvalue weighted by atomic mass is 10.1. The van der Waals surface area contributed by atoms with Crippen molar-refractivity contribution >= 4 is 18.1 Å². The standard InChI is InChI=1S/2C6H13NO2.C3H7NO/c2*1-6(2,3)7(4)5(8)9;1-2-3(4)5/h2*1-4H3,(H,8,9);2H2,1H3,(H2,4,5). The third-order valence-corrected chi connectivity index (χ3v) is 2.93. The smallest absolute Gasteiger partial charge is 0.407 e. The normalized spacial score (nSPS) is 10.3. The Hall–Kier alpha value is -1.99. The van der Waals surface area contributed by atoms with Crippen molar-refractivity contribution < 1.29 is 24.6 Å². The summed E-state index contributed by atoms with van der Waals surface area (Å²) in [5.74, 6) is -0.245. The molecule has 0 rings (SSSR count). The predicted molar refractivity (Wildman–Crippen MR) is 90.6 cm³/mol. The highest BCUT2D eigenvalue weighted by Crippen LogP contribution is 2.09. The lowest BCUT2D eigenvalue weighted by Gasteiger charge is -2.28. The van der Waals surface area contributed by atoms with E-state index in [0.717, 1.165) is 0 Å². The maximum Gasteiger partial charge on any atom is 0.407 e. The van der Waals surface area contributed by atoms with Gasteiger partial charge in [-0.3, -0.25) is 4.79 Å². The Morgan fingerprint density at radius 1 is 0.826 bits per heavy atom. The van der Waals surface area contributed by atoms with Gasteiger partial charge in [0.05, 0.1) is 0 Å². The summed E-state index contributed by atoms with van der Waals surface area (Å²) in [5.41, 5.74) is 4.08. The van der Waals surface area contributed by atoms with Crippen molar-refractivity contribution in [2.45, 2.75) is 66.0 Å². The molecule has 0 saturated heterocycles. The fourth-order valence-electron chi connectivity index (χ4n) is 0.574. The molecule has 138 valence electrons. The number of carboxylic acid groups (broad SMARTS) is 2. The first kappa shape index (κ1) is 25.9. The van der Waals surface area contributed by atoms with Gasteiger partial charge in [0.2, 0.25) is 5.91 Å². The van der Waals surface area contributed by atoms with Crippen LogP contribution < -0.4 is 5.73 Å². The largest absolute Gasteiger partial charge is 0.465 e. The molecule has 8 nitrogen and oxygen atoms in total. The molecule has 0 aromatic carbocycles. The number of primary amides is 1. The van der Waals surface area contributed by atoms with Crippen LogP contribution in [0.25, 0.3) is 0 Å². The SMILES string of the molecule is CCC(N)=O.CN(C(=O)O)C(C)(C)C.CN(C(=O)O)C(C)(C)C. The molecule has 0 aliphatic rings. The number of nitrogens with zero attached hydrogens (tertiary/aromatic N) is 2. The highest BCUT2D eigenvalue weighted by atomic mass is 16.4. The van der Waals surface area contributed by atoms with Crippen LogP contribution in [0.1, 0.15) is 54.9 Å². The lowest BCUT2D eigenvalue weighted by Crippen LogP contribution is -2.41. The number of rotatable bonds is 1. The van der Waals surface area contributed by atoms with Crippen molar-refractivity contribution in [1.29, 1.82) is 0 Å². The van der Waals surface area contributed by atoms with Gasteiger partial charge >= 0.3 is 12.2 Å². The number of carbonyl (C=O) groups is 3. The zero-order chi connectivity index (χ0) is 19.6. The Labute approximate surface area is 139 Å². The van der Waals surface area contributed by atoms with Crippen LogP contribution in [0.5, 0.6) is 0 Å². The second-order valence-corrected chi connectivity index (χ2v) is 6.84. The van der Waals surface area contributed by atoms with E-state index in [-0.39, 0.29) is 17.0 Å². The summed E-state index contributed by atoms with van der Waals surface area (Å²) < 4.78 is 0. The summed E-state index contributed by atoms with van der Waals surface area (Å²) in [4.78, 5) is 32.7. The minimum Gasteiger partial charge on any atom is -0.465 e. The number of hydrogen-bond donors (Lipinski definition) is 3. The summed E-state index contributed by atoms with van der Waals surface area (Å²) in [6.45, 7) is 12.8. The zero-order valence-corrected chi connectivity index (χ0v) is 15.8. The van der Waals surface area contributed by atoms with E-state index in [4.69, 9.17) is 10.2 Å². The minimum atomic E-state index is -0.887. The van der Waals surface area contributed by atoms with Crippen molar-refractivity contribution in [3.8, 4) is 0 Å². The second kappa shape index (κ2) is 10.7. The molecule has 4 N–H and O–H groups in total. The molecular weight excluding hydrogens is 302 g/mol. The Bertz CT molecular complexity index is 354. The van der Waals surface area contributed by atoms with Crippen molar-refractivity contribution in [3.63, 3.8) is 0 Å². The molecule has 3 amide bonds. The molecule has 23 heavy (non-hydrogen) atoms. The molecule has 0 aliphatic heterocycles. The molecule has 0 heterocycles. The molecule has 8 heteroatoms. The number of amides is 3. The first-order chi connectivity index (χ1) is 9.98. The second-order valence-electron chi connectivity index (χ2n) is 6.84.